The van der Waals surface area contributed by atoms with Crippen LogP contribution in [-0.2, 0) is 6.61 Å². The number of carboxylic acid groups (broad SMARTS) is 1. The molecule has 0 spiro atoms. The third-order valence-electron chi connectivity index (χ3n) is 2.59. The van der Waals surface area contributed by atoms with E-state index in [0.29, 0.717) is 11.5 Å². The summed E-state index contributed by atoms with van der Waals surface area (Å²) in [5.41, 5.74) is 3.17. The van der Waals surface area contributed by atoms with Crippen LogP contribution in [0.15, 0.2) is 29.6 Å². The van der Waals surface area contributed by atoms with Crippen LogP contribution >= 0.6 is 11.3 Å². The highest BCUT2D eigenvalue weighted by Gasteiger charge is 2.07. The van der Waals surface area contributed by atoms with Crippen molar-refractivity contribution in [1.29, 1.82) is 0 Å². The van der Waals surface area contributed by atoms with Crippen molar-refractivity contribution in [3.05, 3.63) is 51.2 Å². The standard InChI is InChI=1S/C14H14O3S/c1-9-3-4-12(10(2)5-9)17-7-11-6-13(14(15)16)18-8-11/h3-6,8H,7H2,1-2H3,(H,15,16). The first kappa shape index (κ1) is 12.6. The number of thiophene rings is 1. The van der Waals surface area contributed by atoms with Crippen molar-refractivity contribution in [3.8, 4) is 5.75 Å². The van der Waals surface area contributed by atoms with Gasteiger partial charge in [0.1, 0.15) is 17.2 Å². The number of hydrogen-bond donors (Lipinski definition) is 1. The molecule has 0 aliphatic heterocycles. The Hall–Kier alpha value is -1.81. The Balaban J connectivity index is 2.04. The van der Waals surface area contributed by atoms with Crippen LogP contribution in [0.4, 0.5) is 0 Å². The number of ether oxygens (including phenoxy) is 1. The third-order valence-corrected chi connectivity index (χ3v) is 3.56. The molecule has 0 amide bonds. The fourth-order valence-electron chi connectivity index (χ4n) is 1.69. The minimum absolute atomic E-state index is 0.342. The smallest absolute Gasteiger partial charge is 0.345 e. The second-order valence-corrected chi connectivity index (χ2v) is 5.09. The van der Waals surface area contributed by atoms with Gasteiger partial charge in [-0.25, -0.2) is 4.79 Å². The molecule has 94 valence electrons. The van der Waals surface area contributed by atoms with E-state index in [0.717, 1.165) is 16.9 Å². The summed E-state index contributed by atoms with van der Waals surface area (Å²) < 4.78 is 5.68. The molecule has 0 saturated heterocycles. The monoisotopic (exact) mass is 262 g/mol. The van der Waals surface area contributed by atoms with Gasteiger partial charge in [0, 0.05) is 5.56 Å². The van der Waals surface area contributed by atoms with Crippen LogP contribution in [0.2, 0.25) is 0 Å². The van der Waals surface area contributed by atoms with E-state index >= 15 is 0 Å². The van der Waals surface area contributed by atoms with Crippen molar-refractivity contribution < 1.29 is 14.6 Å². The van der Waals surface area contributed by atoms with Gasteiger partial charge in [-0.2, -0.15) is 0 Å². The molecule has 0 saturated carbocycles. The number of hydrogen-bond acceptors (Lipinski definition) is 3. The normalized spacial score (nSPS) is 10.3. The molecule has 1 aromatic heterocycles. The number of rotatable bonds is 4. The summed E-state index contributed by atoms with van der Waals surface area (Å²) in [6, 6.07) is 7.65. The van der Waals surface area contributed by atoms with Crippen LogP contribution in [0.3, 0.4) is 0 Å². The SMILES string of the molecule is Cc1ccc(OCc2csc(C(=O)O)c2)c(C)c1. The van der Waals surface area contributed by atoms with Crippen LogP contribution < -0.4 is 4.74 Å². The maximum absolute atomic E-state index is 10.7. The zero-order chi connectivity index (χ0) is 13.1. The Labute approximate surface area is 110 Å². The molecule has 0 aliphatic rings. The van der Waals surface area contributed by atoms with Crippen molar-refractivity contribution in [3.63, 3.8) is 0 Å². The van der Waals surface area contributed by atoms with Gasteiger partial charge in [-0.15, -0.1) is 11.3 Å². The molecule has 0 bridgehead atoms. The first-order valence-corrected chi connectivity index (χ1v) is 6.45. The molecule has 0 radical (unpaired) electrons. The number of aryl methyl sites for hydroxylation is 2. The van der Waals surface area contributed by atoms with Gasteiger partial charge < -0.3 is 9.84 Å². The number of benzene rings is 1. The molecular formula is C14H14O3S. The van der Waals surface area contributed by atoms with Crippen LogP contribution in [0.1, 0.15) is 26.4 Å². The van der Waals surface area contributed by atoms with Gasteiger partial charge in [0.05, 0.1) is 0 Å². The lowest BCUT2D eigenvalue weighted by atomic mass is 10.1. The second-order valence-electron chi connectivity index (χ2n) is 4.18. The van der Waals surface area contributed by atoms with Crippen LogP contribution in [0, 0.1) is 13.8 Å². The molecule has 1 heterocycles. The zero-order valence-electron chi connectivity index (χ0n) is 10.3. The van der Waals surface area contributed by atoms with Gasteiger partial charge in [0.25, 0.3) is 0 Å². The molecule has 0 atom stereocenters. The Morgan fingerprint density at radius 2 is 2.11 bits per heavy atom. The first-order chi connectivity index (χ1) is 8.56. The van der Waals surface area contributed by atoms with E-state index in [2.05, 4.69) is 6.07 Å². The van der Waals surface area contributed by atoms with Gasteiger partial charge in [0.2, 0.25) is 0 Å². The van der Waals surface area contributed by atoms with E-state index in [4.69, 9.17) is 9.84 Å². The van der Waals surface area contributed by atoms with Crippen molar-refractivity contribution >= 4 is 17.3 Å². The fourth-order valence-corrected chi connectivity index (χ4v) is 2.42. The van der Waals surface area contributed by atoms with Gasteiger partial charge in [-0.05, 0) is 36.9 Å². The summed E-state index contributed by atoms with van der Waals surface area (Å²) in [5, 5.41) is 10.6. The summed E-state index contributed by atoms with van der Waals surface area (Å²) in [6.07, 6.45) is 0. The largest absolute Gasteiger partial charge is 0.489 e. The van der Waals surface area contributed by atoms with E-state index in [-0.39, 0.29) is 0 Å². The van der Waals surface area contributed by atoms with Gasteiger partial charge in [-0.1, -0.05) is 17.7 Å². The highest BCUT2D eigenvalue weighted by Crippen LogP contribution is 2.21. The quantitative estimate of drug-likeness (QED) is 0.915. The molecule has 4 heteroatoms. The predicted octanol–water partition coefficient (Wildman–Crippen LogP) is 3.64. The van der Waals surface area contributed by atoms with E-state index in [1.165, 1.54) is 16.9 Å². The minimum atomic E-state index is -0.891. The van der Waals surface area contributed by atoms with Gasteiger partial charge in [-0.3, -0.25) is 0 Å². The Bertz CT molecular complexity index is 572. The van der Waals surface area contributed by atoms with Crippen LogP contribution in [0.5, 0.6) is 5.75 Å². The molecule has 2 aromatic rings. The summed E-state index contributed by atoms with van der Waals surface area (Å²) >= 11 is 1.22. The third kappa shape index (κ3) is 2.90. The average molecular weight is 262 g/mol. The fraction of sp³-hybridized carbons (Fsp3) is 0.214. The van der Waals surface area contributed by atoms with Gasteiger partial charge >= 0.3 is 5.97 Å². The molecule has 1 N–H and O–H groups in total. The van der Waals surface area contributed by atoms with E-state index in [1.54, 1.807) is 6.07 Å². The van der Waals surface area contributed by atoms with E-state index in [9.17, 15) is 4.79 Å². The molecule has 0 aliphatic carbocycles. The predicted molar refractivity (Wildman–Crippen MR) is 71.5 cm³/mol. The van der Waals surface area contributed by atoms with Crippen molar-refractivity contribution in [2.75, 3.05) is 0 Å². The lowest BCUT2D eigenvalue weighted by Gasteiger charge is -2.08. The number of carboxylic acids is 1. The van der Waals surface area contributed by atoms with Crippen molar-refractivity contribution in [1.82, 2.24) is 0 Å². The molecule has 1 aromatic carbocycles. The first-order valence-electron chi connectivity index (χ1n) is 5.57. The highest BCUT2D eigenvalue weighted by atomic mass is 32.1. The maximum atomic E-state index is 10.7. The highest BCUT2D eigenvalue weighted by molar-refractivity contribution is 7.12. The molecular weight excluding hydrogens is 248 g/mol. The lowest BCUT2D eigenvalue weighted by molar-refractivity contribution is 0.0702. The summed E-state index contributed by atoms with van der Waals surface area (Å²) in [6.45, 7) is 4.43. The Kier molecular flexibility index (Phi) is 3.67. The molecule has 0 fully saturated rings. The number of carbonyl (C=O) groups is 1. The summed E-state index contributed by atoms with van der Waals surface area (Å²) in [7, 11) is 0. The minimum Gasteiger partial charge on any atom is -0.489 e. The van der Waals surface area contributed by atoms with Gasteiger partial charge in [0.15, 0.2) is 0 Å². The number of aromatic carboxylic acids is 1. The van der Waals surface area contributed by atoms with E-state index < -0.39 is 5.97 Å². The zero-order valence-corrected chi connectivity index (χ0v) is 11.1. The molecule has 0 unspecified atom stereocenters. The Morgan fingerprint density at radius 1 is 1.33 bits per heavy atom. The van der Waals surface area contributed by atoms with Crippen LogP contribution in [-0.4, -0.2) is 11.1 Å². The van der Waals surface area contributed by atoms with Crippen LogP contribution in [0.25, 0.3) is 0 Å². The van der Waals surface area contributed by atoms with E-state index in [1.807, 2.05) is 31.4 Å². The van der Waals surface area contributed by atoms with Crippen molar-refractivity contribution in [2.45, 2.75) is 20.5 Å². The summed E-state index contributed by atoms with van der Waals surface area (Å²) in [5.74, 6) is -0.0542. The maximum Gasteiger partial charge on any atom is 0.345 e. The summed E-state index contributed by atoms with van der Waals surface area (Å²) in [4.78, 5) is 11.1. The second kappa shape index (κ2) is 5.23. The van der Waals surface area contributed by atoms with Crippen molar-refractivity contribution in [2.24, 2.45) is 0 Å². The molecule has 18 heavy (non-hydrogen) atoms. The Morgan fingerprint density at radius 3 is 2.72 bits per heavy atom. The average Bonchev–Trinajstić information content (AvgIpc) is 2.76. The lowest BCUT2D eigenvalue weighted by Crippen LogP contribution is -1.96. The molecule has 2 rings (SSSR count). The topological polar surface area (TPSA) is 46.5 Å². The molecule has 3 nitrogen and oxygen atoms in total.